The summed E-state index contributed by atoms with van der Waals surface area (Å²) in [5, 5.41) is 0. The molecule has 4 heteroatoms. The molecule has 0 aromatic heterocycles. The Morgan fingerprint density at radius 1 is 1.00 bits per heavy atom. The van der Waals surface area contributed by atoms with E-state index in [9.17, 15) is 4.79 Å². The van der Waals surface area contributed by atoms with Crippen LogP contribution in [0.4, 0.5) is 0 Å². The molecule has 0 unspecified atom stereocenters. The molecule has 0 saturated heterocycles. The molecule has 2 aromatic rings. The summed E-state index contributed by atoms with van der Waals surface area (Å²) in [5.41, 5.74) is 3.42. The normalized spacial score (nSPS) is 12.0. The molecule has 0 aliphatic carbocycles. The van der Waals surface area contributed by atoms with Gasteiger partial charge in [0.25, 0.3) is 0 Å². The molecule has 2 aromatic carbocycles. The van der Waals surface area contributed by atoms with E-state index in [2.05, 4.69) is 24.3 Å². The van der Waals surface area contributed by atoms with E-state index in [0.29, 0.717) is 11.5 Å². The monoisotopic (exact) mass is 381 g/mol. The molecule has 0 heterocycles. The van der Waals surface area contributed by atoms with Crippen LogP contribution in [-0.2, 0) is 16.0 Å². The van der Waals surface area contributed by atoms with Crippen LogP contribution in [0.25, 0.3) is 5.70 Å². The Hall–Kier alpha value is -2.46. The maximum absolute atomic E-state index is 12.4. The molecule has 0 saturated carbocycles. The van der Waals surface area contributed by atoms with Gasteiger partial charge in [0.15, 0.2) is 0 Å². The number of thioether (sulfide) groups is 1. The van der Waals surface area contributed by atoms with Crippen LogP contribution in [0, 0.1) is 0 Å². The van der Waals surface area contributed by atoms with Crippen LogP contribution >= 0.6 is 11.8 Å². The summed E-state index contributed by atoms with van der Waals surface area (Å²) in [5.74, 6) is 0.559. The van der Waals surface area contributed by atoms with Gasteiger partial charge in [0.05, 0.1) is 11.5 Å². The van der Waals surface area contributed by atoms with Crippen molar-refractivity contribution in [2.75, 3.05) is 26.5 Å². The van der Waals surface area contributed by atoms with Gasteiger partial charge in [-0.2, -0.15) is 0 Å². The average molecular weight is 382 g/mol. The highest BCUT2D eigenvalue weighted by Gasteiger charge is 2.11. The minimum Gasteiger partial charge on any atom is -0.462 e. The van der Waals surface area contributed by atoms with Gasteiger partial charge in [0.2, 0.25) is 0 Å². The van der Waals surface area contributed by atoms with Crippen molar-refractivity contribution >= 4 is 23.4 Å². The summed E-state index contributed by atoms with van der Waals surface area (Å²) in [6.07, 6.45) is 4.76. The van der Waals surface area contributed by atoms with Gasteiger partial charge in [0, 0.05) is 25.5 Å². The molecule has 3 nitrogen and oxygen atoms in total. The van der Waals surface area contributed by atoms with Crippen LogP contribution in [0.1, 0.15) is 18.1 Å². The highest BCUT2D eigenvalue weighted by molar-refractivity contribution is 8.03. The molecule has 0 radical (unpaired) electrons. The van der Waals surface area contributed by atoms with E-state index < -0.39 is 0 Å². The topological polar surface area (TPSA) is 29.5 Å². The van der Waals surface area contributed by atoms with Crippen molar-refractivity contribution < 1.29 is 9.53 Å². The number of hydrogen-bond donors (Lipinski definition) is 0. The van der Waals surface area contributed by atoms with Crippen molar-refractivity contribution in [3.05, 3.63) is 88.8 Å². The lowest BCUT2D eigenvalue weighted by molar-refractivity contribution is -0.137. The summed E-state index contributed by atoms with van der Waals surface area (Å²) < 4.78 is 5.23. The molecule has 0 N–H and O–H groups in total. The zero-order valence-corrected chi connectivity index (χ0v) is 17.0. The second-order valence-electron chi connectivity index (χ2n) is 6.15. The number of allylic oxidation sites excluding steroid dienone is 2. The van der Waals surface area contributed by atoms with Gasteiger partial charge in [-0.15, -0.1) is 11.8 Å². The van der Waals surface area contributed by atoms with Crippen molar-refractivity contribution in [3.8, 4) is 0 Å². The molecule has 27 heavy (non-hydrogen) atoms. The predicted molar refractivity (Wildman–Crippen MR) is 115 cm³/mol. The number of ether oxygens (including phenoxy) is 1. The minimum absolute atomic E-state index is 0.266. The third kappa shape index (κ3) is 6.99. The van der Waals surface area contributed by atoms with Crippen LogP contribution in [0.5, 0.6) is 0 Å². The van der Waals surface area contributed by atoms with Gasteiger partial charge in [0.1, 0.15) is 0 Å². The third-order valence-corrected chi connectivity index (χ3v) is 4.93. The number of carbonyl (C=O) groups excluding carboxylic acids is 1. The Balaban J connectivity index is 2.16. The van der Waals surface area contributed by atoms with Gasteiger partial charge < -0.3 is 9.64 Å². The molecule has 0 spiro atoms. The molecule has 0 bridgehead atoms. The SMILES string of the molecule is CCOC(=O)/C(=C/C=C(\c1ccccc1)N(C)C)SCCc1ccccc1. The zero-order chi connectivity index (χ0) is 19.5. The molecule has 0 amide bonds. The van der Waals surface area contributed by atoms with Gasteiger partial charge >= 0.3 is 5.97 Å². The van der Waals surface area contributed by atoms with Gasteiger partial charge in [-0.1, -0.05) is 60.7 Å². The van der Waals surface area contributed by atoms with Gasteiger partial charge in [-0.25, -0.2) is 4.79 Å². The fourth-order valence-corrected chi connectivity index (χ4v) is 3.47. The van der Waals surface area contributed by atoms with Crippen molar-refractivity contribution in [1.29, 1.82) is 0 Å². The number of hydrogen-bond acceptors (Lipinski definition) is 4. The maximum atomic E-state index is 12.4. The maximum Gasteiger partial charge on any atom is 0.344 e. The lowest BCUT2D eigenvalue weighted by Crippen LogP contribution is -2.10. The van der Waals surface area contributed by atoms with Crippen LogP contribution in [0.15, 0.2) is 77.7 Å². The van der Waals surface area contributed by atoms with Crippen LogP contribution < -0.4 is 0 Å². The average Bonchev–Trinajstić information content (AvgIpc) is 2.68. The summed E-state index contributed by atoms with van der Waals surface area (Å²) in [4.78, 5) is 15.0. The number of carbonyl (C=O) groups is 1. The first-order chi connectivity index (χ1) is 13.1. The van der Waals surface area contributed by atoms with Crippen molar-refractivity contribution in [2.45, 2.75) is 13.3 Å². The fraction of sp³-hybridized carbons (Fsp3) is 0.261. The first-order valence-electron chi connectivity index (χ1n) is 9.10. The van der Waals surface area contributed by atoms with Crippen molar-refractivity contribution in [3.63, 3.8) is 0 Å². The number of aryl methyl sites for hydroxylation is 1. The summed E-state index contributed by atoms with van der Waals surface area (Å²) in [6.45, 7) is 2.20. The Labute approximate surface area is 166 Å². The molecular formula is C23H27NO2S. The van der Waals surface area contributed by atoms with E-state index in [4.69, 9.17) is 4.74 Å². The smallest absolute Gasteiger partial charge is 0.344 e. The highest BCUT2D eigenvalue weighted by Crippen LogP contribution is 2.22. The van der Waals surface area contributed by atoms with Crippen molar-refractivity contribution in [2.24, 2.45) is 0 Å². The molecular weight excluding hydrogens is 354 g/mol. The Kier molecular flexibility index (Phi) is 8.72. The second kappa shape index (κ2) is 11.3. The summed E-state index contributed by atoms with van der Waals surface area (Å²) in [7, 11) is 4.00. The quantitative estimate of drug-likeness (QED) is 0.347. The number of rotatable bonds is 9. The van der Waals surface area contributed by atoms with Gasteiger partial charge in [-0.05, 0) is 36.6 Å². The number of nitrogens with zero attached hydrogens (tertiary/aromatic N) is 1. The fourth-order valence-electron chi connectivity index (χ4n) is 2.57. The standard InChI is InChI=1S/C23H27NO2S/c1-4-26-23(25)22(27-18-17-19-11-7-5-8-12-19)16-15-21(24(2)3)20-13-9-6-10-14-20/h5-16H,4,17-18H2,1-3H3/b21-15+,22-16-. The molecule has 0 aliphatic heterocycles. The number of benzene rings is 2. The van der Waals surface area contributed by atoms with Gasteiger partial charge in [-0.3, -0.25) is 0 Å². The largest absolute Gasteiger partial charge is 0.462 e. The lowest BCUT2D eigenvalue weighted by atomic mass is 10.1. The Morgan fingerprint density at radius 2 is 1.63 bits per heavy atom. The molecule has 142 valence electrons. The van der Waals surface area contributed by atoms with Crippen LogP contribution in [0.2, 0.25) is 0 Å². The third-order valence-electron chi connectivity index (χ3n) is 3.91. The van der Waals surface area contributed by atoms with E-state index in [1.807, 2.05) is 74.5 Å². The first kappa shape index (κ1) is 20.8. The predicted octanol–water partition coefficient (Wildman–Crippen LogP) is 5.01. The van der Waals surface area contributed by atoms with E-state index in [-0.39, 0.29) is 5.97 Å². The molecule has 0 atom stereocenters. The number of esters is 1. The second-order valence-corrected chi connectivity index (χ2v) is 7.28. The van der Waals surface area contributed by atoms with Crippen LogP contribution in [-0.4, -0.2) is 37.3 Å². The Bertz CT molecular complexity index is 767. The van der Waals surface area contributed by atoms with Crippen LogP contribution in [0.3, 0.4) is 0 Å². The molecule has 2 rings (SSSR count). The van der Waals surface area contributed by atoms with E-state index in [1.165, 1.54) is 17.3 Å². The van der Waals surface area contributed by atoms with E-state index in [0.717, 1.165) is 23.4 Å². The first-order valence-corrected chi connectivity index (χ1v) is 10.1. The van der Waals surface area contributed by atoms with Crippen molar-refractivity contribution in [1.82, 2.24) is 4.90 Å². The lowest BCUT2D eigenvalue weighted by Gasteiger charge is -2.17. The Morgan fingerprint density at radius 3 is 2.22 bits per heavy atom. The van der Waals surface area contributed by atoms with E-state index >= 15 is 0 Å². The highest BCUT2D eigenvalue weighted by atomic mass is 32.2. The summed E-state index contributed by atoms with van der Waals surface area (Å²) >= 11 is 1.54. The zero-order valence-electron chi connectivity index (χ0n) is 16.2. The minimum atomic E-state index is -0.266. The van der Waals surface area contributed by atoms with E-state index in [1.54, 1.807) is 0 Å². The molecule has 0 aliphatic rings. The summed E-state index contributed by atoms with van der Waals surface area (Å²) in [6, 6.07) is 20.4. The molecule has 0 fully saturated rings.